The molecule has 0 aromatic heterocycles. The molecule has 4 nitrogen and oxygen atoms in total. The van der Waals surface area contributed by atoms with Crippen LogP contribution in [0.5, 0.6) is 0 Å². The Hall–Kier alpha value is -2.69. The van der Waals surface area contributed by atoms with Gasteiger partial charge in [-0.3, -0.25) is 4.79 Å². The highest BCUT2D eigenvalue weighted by molar-refractivity contribution is 5.89. The molecule has 0 heterocycles. The second kappa shape index (κ2) is 7.68. The van der Waals surface area contributed by atoms with Gasteiger partial charge in [-0.25, -0.2) is 9.18 Å². The zero-order chi connectivity index (χ0) is 18.6. The molecular formula is C21H22FNO3. The fraction of sp³-hybridized carbons (Fsp3) is 0.333. The smallest absolute Gasteiger partial charge is 0.335 e. The zero-order valence-corrected chi connectivity index (χ0v) is 14.5. The van der Waals surface area contributed by atoms with Crippen molar-refractivity contribution in [2.45, 2.75) is 44.1 Å². The molecule has 0 aliphatic heterocycles. The predicted molar refractivity (Wildman–Crippen MR) is 96.4 cm³/mol. The number of carbonyl (C=O) groups is 2. The number of nitrogens with one attached hydrogen (secondary N) is 1. The summed E-state index contributed by atoms with van der Waals surface area (Å²) in [5, 5.41) is 12.4. The number of benzene rings is 2. The molecule has 5 heteroatoms. The van der Waals surface area contributed by atoms with Crippen LogP contribution in [0.3, 0.4) is 0 Å². The van der Waals surface area contributed by atoms with E-state index in [9.17, 15) is 19.1 Å². The van der Waals surface area contributed by atoms with Gasteiger partial charge in [0.15, 0.2) is 0 Å². The van der Waals surface area contributed by atoms with Crippen molar-refractivity contribution in [1.29, 1.82) is 0 Å². The number of carboxylic acids is 1. The van der Waals surface area contributed by atoms with Crippen LogP contribution in [0.15, 0.2) is 48.5 Å². The lowest BCUT2D eigenvalue weighted by Gasteiger charge is -2.31. The Kier molecular flexibility index (Phi) is 5.35. The summed E-state index contributed by atoms with van der Waals surface area (Å²) in [4.78, 5) is 23.8. The van der Waals surface area contributed by atoms with Crippen molar-refractivity contribution in [1.82, 2.24) is 5.32 Å². The van der Waals surface area contributed by atoms with Crippen LogP contribution in [-0.2, 0) is 16.8 Å². The van der Waals surface area contributed by atoms with Gasteiger partial charge in [-0.2, -0.15) is 0 Å². The molecule has 2 aromatic carbocycles. The average Bonchev–Trinajstić information content (AvgIpc) is 3.10. The Labute approximate surface area is 152 Å². The lowest BCUT2D eigenvalue weighted by atomic mass is 9.87. The minimum atomic E-state index is -0.986. The molecule has 0 bridgehead atoms. The maximum Gasteiger partial charge on any atom is 0.335 e. The second-order valence-corrected chi connectivity index (χ2v) is 6.81. The summed E-state index contributed by atoms with van der Waals surface area (Å²) in [5.74, 6) is -1.39. The van der Waals surface area contributed by atoms with Crippen molar-refractivity contribution in [3.05, 3.63) is 71.0 Å². The van der Waals surface area contributed by atoms with Gasteiger partial charge in [0.05, 0.1) is 11.1 Å². The molecule has 0 saturated heterocycles. The fourth-order valence-electron chi connectivity index (χ4n) is 3.76. The number of carbonyl (C=O) groups excluding carboxylic acids is 1. The summed E-state index contributed by atoms with van der Waals surface area (Å²) < 4.78 is 13.2. The first-order chi connectivity index (χ1) is 12.5. The van der Waals surface area contributed by atoms with E-state index in [0.29, 0.717) is 12.0 Å². The number of hydrogen-bond acceptors (Lipinski definition) is 2. The molecule has 0 radical (unpaired) electrons. The summed E-state index contributed by atoms with van der Waals surface area (Å²) in [5.41, 5.74) is 1.36. The van der Waals surface area contributed by atoms with Crippen molar-refractivity contribution in [3.63, 3.8) is 0 Å². The van der Waals surface area contributed by atoms with E-state index in [1.165, 1.54) is 12.1 Å². The summed E-state index contributed by atoms with van der Waals surface area (Å²) in [6.07, 6.45) is 4.27. The zero-order valence-electron chi connectivity index (χ0n) is 14.5. The Morgan fingerprint density at radius 3 is 2.35 bits per heavy atom. The lowest BCUT2D eigenvalue weighted by Crippen LogP contribution is -2.43. The SMILES string of the molecule is O=C(CCc1ccccc1C(=O)O)NC1(c2ccc(F)cc2)CCCC1. The van der Waals surface area contributed by atoms with Crippen LogP contribution in [-0.4, -0.2) is 17.0 Å². The Morgan fingerprint density at radius 2 is 1.69 bits per heavy atom. The maximum atomic E-state index is 13.2. The molecule has 1 aliphatic rings. The molecule has 1 saturated carbocycles. The number of amides is 1. The number of halogens is 1. The molecule has 0 spiro atoms. The molecule has 26 heavy (non-hydrogen) atoms. The molecule has 136 valence electrons. The van der Waals surface area contributed by atoms with Crippen molar-refractivity contribution in [2.75, 3.05) is 0 Å². The normalized spacial score (nSPS) is 15.6. The minimum Gasteiger partial charge on any atom is -0.478 e. The summed E-state index contributed by atoms with van der Waals surface area (Å²) in [6, 6.07) is 13.1. The van der Waals surface area contributed by atoms with Crippen molar-refractivity contribution in [3.8, 4) is 0 Å². The molecule has 0 atom stereocenters. The number of rotatable bonds is 6. The summed E-state index contributed by atoms with van der Waals surface area (Å²) >= 11 is 0. The second-order valence-electron chi connectivity index (χ2n) is 6.81. The van der Waals surface area contributed by atoms with Crippen molar-refractivity contribution < 1.29 is 19.1 Å². The summed E-state index contributed by atoms with van der Waals surface area (Å²) in [6.45, 7) is 0. The predicted octanol–water partition coefficient (Wildman–Crippen LogP) is 4.04. The van der Waals surface area contributed by atoms with E-state index in [-0.39, 0.29) is 23.7 Å². The molecule has 3 rings (SSSR count). The monoisotopic (exact) mass is 355 g/mol. The van der Waals surface area contributed by atoms with Crippen LogP contribution < -0.4 is 5.32 Å². The van der Waals surface area contributed by atoms with Gasteiger partial charge in [0.25, 0.3) is 0 Å². The molecule has 2 aromatic rings. The quantitative estimate of drug-likeness (QED) is 0.822. The first kappa shape index (κ1) is 18.1. The number of aromatic carboxylic acids is 1. The van der Waals surface area contributed by atoms with Crippen LogP contribution >= 0.6 is 0 Å². The highest BCUT2D eigenvalue weighted by Crippen LogP contribution is 2.38. The fourth-order valence-corrected chi connectivity index (χ4v) is 3.76. The molecular weight excluding hydrogens is 333 g/mol. The van der Waals surface area contributed by atoms with E-state index in [2.05, 4.69) is 5.32 Å². The van der Waals surface area contributed by atoms with E-state index >= 15 is 0 Å². The minimum absolute atomic E-state index is 0.114. The van der Waals surface area contributed by atoms with Crippen molar-refractivity contribution >= 4 is 11.9 Å². The largest absolute Gasteiger partial charge is 0.478 e. The first-order valence-electron chi connectivity index (χ1n) is 8.88. The highest BCUT2D eigenvalue weighted by Gasteiger charge is 2.36. The van der Waals surface area contributed by atoms with Gasteiger partial charge < -0.3 is 10.4 Å². The third kappa shape index (κ3) is 3.93. The molecule has 2 N–H and O–H groups in total. The van der Waals surface area contributed by atoms with E-state index in [0.717, 1.165) is 31.2 Å². The van der Waals surface area contributed by atoms with Gasteiger partial charge in [-0.1, -0.05) is 43.2 Å². The maximum absolute atomic E-state index is 13.2. The highest BCUT2D eigenvalue weighted by atomic mass is 19.1. The van der Waals surface area contributed by atoms with E-state index in [4.69, 9.17) is 0 Å². The third-order valence-electron chi connectivity index (χ3n) is 5.10. The number of hydrogen-bond donors (Lipinski definition) is 2. The third-order valence-corrected chi connectivity index (χ3v) is 5.10. The van der Waals surface area contributed by atoms with E-state index < -0.39 is 11.5 Å². The van der Waals surface area contributed by atoms with Gasteiger partial charge in [0.1, 0.15) is 5.82 Å². The molecule has 0 unspecified atom stereocenters. The van der Waals surface area contributed by atoms with Gasteiger partial charge >= 0.3 is 5.97 Å². The van der Waals surface area contributed by atoms with Crippen LogP contribution in [0.1, 0.15) is 53.6 Å². The van der Waals surface area contributed by atoms with Gasteiger partial charge in [-0.05, 0) is 48.6 Å². The van der Waals surface area contributed by atoms with Gasteiger partial charge in [0.2, 0.25) is 5.91 Å². The Morgan fingerprint density at radius 1 is 1.04 bits per heavy atom. The first-order valence-corrected chi connectivity index (χ1v) is 8.88. The summed E-state index contributed by atoms with van der Waals surface area (Å²) in [7, 11) is 0. The number of carboxylic acid groups (broad SMARTS) is 1. The Bertz CT molecular complexity index is 795. The van der Waals surface area contributed by atoms with Crippen LogP contribution in [0.4, 0.5) is 4.39 Å². The van der Waals surface area contributed by atoms with Gasteiger partial charge in [-0.15, -0.1) is 0 Å². The van der Waals surface area contributed by atoms with Gasteiger partial charge in [0, 0.05) is 6.42 Å². The molecule has 1 amide bonds. The lowest BCUT2D eigenvalue weighted by molar-refractivity contribution is -0.123. The van der Waals surface area contributed by atoms with Crippen LogP contribution in [0.2, 0.25) is 0 Å². The van der Waals surface area contributed by atoms with E-state index in [1.54, 1.807) is 36.4 Å². The van der Waals surface area contributed by atoms with Crippen LogP contribution in [0.25, 0.3) is 0 Å². The number of aryl methyl sites for hydroxylation is 1. The van der Waals surface area contributed by atoms with E-state index in [1.807, 2.05) is 0 Å². The standard InChI is InChI=1S/C21H22FNO3/c22-17-10-8-16(9-11-17)21(13-3-4-14-21)23-19(24)12-7-15-5-1-2-6-18(15)20(25)26/h1-2,5-6,8-11H,3-4,7,12-14H2,(H,23,24)(H,25,26). The molecule has 1 aliphatic carbocycles. The van der Waals surface area contributed by atoms with Crippen LogP contribution in [0, 0.1) is 5.82 Å². The van der Waals surface area contributed by atoms with Crippen molar-refractivity contribution in [2.24, 2.45) is 0 Å². The molecule has 1 fully saturated rings. The Balaban J connectivity index is 1.70. The average molecular weight is 355 g/mol. The topological polar surface area (TPSA) is 66.4 Å².